The predicted molar refractivity (Wildman–Crippen MR) is 72.3 cm³/mol. The van der Waals surface area contributed by atoms with Crippen LogP contribution in [0.2, 0.25) is 0 Å². The standard InChI is InChI=1S/C14H15O3P/c1-11(18(15,16)17)12-7-9-14(10-8-12)13-5-3-2-4-6-13/h2-11H,1H3,(H2,15,16,17). The highest BCUT2D eigenvalue weighted by Crippen LogP contribution is 2.51. The lowest BCUT2D eigenvalue weighted by Crippen LogP contribution is -1.94. The molecule has 0 spiro atoms. The second-order valence-corrected chi connectivity index (χ2v) is 6.21. The Morgan fingerprint density at radius 2 is 1.39 bits per heavy atom. The summed E-state index contributed by atoms with van der Waals surface area (Å²) in [6, 6.07) is 17.2. The molecule has 2 aromatic rings. The van der Waals surface area contributed by atoms with Crippen molar-refractivity contribution in [3.05, 3.63) is 60.2 Å². The van der Waals surface area contributed by atoms with Gasteiger partial charge in [0.25, 0.3) is 0 Å². The Balaban J connectivity index is 2.29. The number of hydrogen-bond acceptors (Lipinski definition) is 1. The number of hydrogen-bond donors (Lipinski definition) is 2. The minimum atomic E-state index is -4.07. The summed E-state index contributed by atoms with van der Waals surface area (Å²) in [5.41, 5.74) is 2.02. The highest BCUT2D eigenvalue weighted by atomic mass is 31.2. The smallest absolute Gasteiger partial charge is 0.324 e. The van der Waals surface area contributed by atoms with E-state index in [1.54, 1.807) is 12.1 Å². The highest BCUT2D eigenvalue weighted by molar-refractivity contribution is 7.52. The fraction of sp³-hybridized carbons (Fsp3) is 0.143. The second kappa shape index (κ2) is 5.07. The minimum Gasteiger partial charge on any atom is -0.324 e. The van der Waals surface area contributed by atoms with Crippen LogP contribution in [-0.2, 0) is 4.57 Å². The molecular formula is C14H15O3P. The molecule has 0 heterocycles. The summed E-state index contributed by atoms with van der Waals surface area (Å²) in [6.07, 6.45) is 0. The zero-order valence-electron chi connectivity index (χ0n) is 10.0. The maximum absolute atomic E-state index is 11.2. The molecule has 4 heteroatoms. The van der Waals surface area contributed by atoms with Gasteiger partial charge in [0.1, 0.15) is 0 Å². The lowest BCUT2D eigenvalue weighted by Gasteiger charge is -2.14. The summed E-state index contributed by atoms with van der Waals surface area (Å²) in [5, 5.41) is 0. The molecule has 1 atom stereocenters. The highest BCUT2D eigenvalue weighted by Gasteiger charge is 2.25. The summed E-state index contributed by atoms with van der Waals surface area (Å²) < 4.78 is 11.2. The summed E-state index contributed by atoms with van der Waals surface area (Å²) in [7, 11) is -4.07. The van der Waals surface area contributed by atoms with E-state index in [2.05, 4.69) is 0 Å². The largest absolute Gasteiger partial charge is 0.332 e. The van der Waals surface area contributed by atoms with E-state index >= 15 is 0 Å². The Morgan fingerprint density at radius 1 is 0.889 bits per heavy atom. The third-order valence-corrected chi connectivity index (χ3v) is 4.31. The third kappa shape index (κ3) is 2.88. The fourth-order valence-corrected chi connectivity index (χ4v) is 2.34. The van der Waals surface area contributed by atoms with Crippen molar-refractivity contribution >= 4 is 7.60 Å². The number of rotatable bonds is 3. The van der Waals surface area contributed by atoms with Crippen molar-refractivity contribution in [3.63, 3.8) is 0 Å². The monoisotopic (exact) mass is 262 g/mol. The molecule has 2 rings (SSSR count). The van der Waals surface area contributed by atoms with Gasteiger partial charge < -0.3 is 9.79 Å². The molecule has 0 aliphatic heterocycles. The van der Waals surface area contributed by atoms with E-state index < -0.39 is 13.3 Å². The molecule has 0 bridgehead atoms. The molecular weight excluding hydrogens is 247 g/mol. The molecule has 18 heavy (non-hydrogen) atoms. The van der Waals surface area contributed by atoms with E-state index in [0.717, 1.165) is 11.1 Å². The summed E-state index contributed by atoms with van der Waals surface area (Å²) in [4.78, 5) is 18.3. The van der Waals surface area contributed by atoms with Crippen molar-refractivity contribution in [3.8, 4) is 11.1 Å². The second-order valence-electron chi connectivity index (χ2n) is 4.25. The quantitative estimate of drug-likeness (QED) is 0.831. The Kier molecular flexibility index (Phi) is 3.67. The molecule has 0 amide bonds. The van der Waals surface area contributed by atoms with Gasteiger partial charge in [0.05, 0.1) is 5.66 Å². The zero-order chi connectivity index (χ0) is 13.2. The van der Waals surface area contributed by atoms with E-state index in [9.17, 15) is 4.57 Å². The van der Waals surface area contributed by atoms with Crippen LogP contribution in [0.4, 0.5) is 0 Å². The normalized spacial score (nSPS) is 13.3. The molecule has 94 valence electrons. The van der Waals surface area contributed by atoms with Crippen LogP contribution in [0, 0.1) is 0 Å². The maximum Gasteiger partial charge on any atom is 0.332 e. The summed E-state index contributed by atoms with van der Waals surface area (Å²) in [5.74, 6) is 0. The van der Waals surface area contributed by atoms with E-state index in [0.29, 0.717) is 5.56 Å². The van der Waals surface area contributed by atoms with Gasteiger partial charge in [-0.1, -0.05) is 54.6 Å². The molecule has 2 aromatic carbocycles. The maximum atomic E-state index is 11.2. The van der Waals surface area contributed by atoms with Crippen LogP contribution < -0.4 is 0 Å². The van der Waals surface area contributed by atoms with E-state index in [1.807, 2.05) is 42.5 Å². The first kappa shape index (κ1) is 13.0. The molecule has 3 nitrogen and oxygen atoms in total. The van der Waals surface area contributed by atoms with Crippen LogP contribution >= 0.6 is 7.60 Å². The Bertz CT molecular complexity index is 557. The van der Waals surface area contributed by atoms with Gasteiger partial charge in [-0.15, -0.1) is 0 Å². The lowest BCUT2D eigenvalue weighted by molar-refractivity contribution is 0.362. The molecule has 0 aliphatic carbocycles. The molecule has 0 saturated carbocycles. The first-order chi connectivity index (χ1) is 8.48. The minimum absolute atomic E-state index is 0.656. The van der Waals surface area contributed by atoms with Crippen molar-refractivity contribution in [2.24, 2.45) is 0 Å². The average Bonchev–Trinajstić information content (AvgIpc) is 2.38. The van der Waals surface area contributed by atoms with Gasteiger partial charge in [-0.25, -0.2) is 0 Å². The molecule has 2 N–H and O–H groups in total. The predicted octanol–water partition coefficient (Wildman–Crippen LogP) is 3.59. The Labute approximate surface area is 106 Å². The molecule has 0 aliphatic rings. The van der Waals surface area contributed by atoms with Crippen LogP contribution in [0.1, 0.15) is 18.1 Å². The van der Waals surface area contributed by atoms with Crippen molar-refractivity contribution < 1.29 is 14.4 Å². The van der Waals surface area contributed by atoms with Crippen LogP contribution in [0.5, 0.6) is 0 Å². The SMILES string of the molecule is CC(c1ccc(-c2ccccc2)cc1)P(=O)(O)O. The molecule has 0 saturated heterocycles. The first-order valence-corrected chi connectivity index (χ1v) is 7.37. The van der Waals surface area contributed by atoms with Gasteiger partial charge in [-0.05, 0) is 23.6 Å². The van der Waals surface area contributed by atoms with Gasteiger partial charge in [-0.2, -0.15) is 0 Å². The van der Waals surface area contributed by atoms with Gasteiger partial charge in [0.15, 0.2) is 0 Å². The molecule has 0 aromatic heterocycles. The van der Waals surface area contributed by atoms with E-state index in [-0.39, 0.29) is 0 Å². The summed E-state index contributed by atoms with van der Waals surface area (Å²) >= 11 is 0. The van der Waals surface area contributed by atoms with Crippen molar-refractivity contribution in [2.75, 3.05) is 0 Å². The first-order valence-electron chi connectivity index (χ1n) is 5.69. The van der Waals surface area contributed by atoms with Gasteiger partial charge in [-0.3, -0.25) is 4.57 Å². The van der Waals surface area contributed by atoms with E-state index in [4.69, 9.17) is 9.79 Å². The molecule has 0 fully saturated rings. The third-order valence-electron chi connectivity index (χ3n) is 3.00. The lowest BCUT2D eigenvalue weighted by atomic mass is 10.0. The van der Waals surface area contributed by atoms with Crippen molar-refractivity contribution in [1.82, 2.24) is 0 Å². The van der Waals surface area contributed by atoms with Gasteiger partial charge in [0, 0.05) is 0 Å². The Hall–Kier alpha value is -1.41. The van der Waals surface area contributed by atoms with Gasteiger partial charge in [0.2, 0.25) is 0 Å². The van der Waals surface area contributed by atoms with Crippen molar-refractivity contribution in [2.45, 2.75) is 12.6 Å². The van der Waals surface area contributed by atoms with Crippen molar-refractivity contribution in [1.29, 1.82) is 0 Å². The number of benzene rings is 2. The topological polar surface area (TPSA) is 57.5 Å². The average molecular weight is 262 g/mol. The van der Waals surface area contributed by atoms with E-state index in [1.165, 1.54) is 6.92 Å². The fourth-order valence-electron chi connectivity index (χ4n) is 1.78. The zero-order valence-corrected chi connectivity index (χ0v) is 10.9. The van der Waals surface area contributed by atoms with Crippen LogP contribution in [-0.4, -0.2) is 9.79 Å². The van der Waals surface area contributed by atoms with Gasteiger partial charge >= 0.3 is 7.60 Å². The van der Waals surface area contributed by atoms with Crippen LogP contribution in [0.25, 0.3) is 11.1 Å². The molecule has 1 unspecified atom stereocenters. The van der Waals surface area contributed by atoms with Crippen LogP contribution in [0.15, 0.2) is 54.6 Å². The van der Waals surface area contributed by atoms with Crippen LogP contribution in [0.3, 0.4) is 0 Å². The Morgan fingerprint density at radius 3 is 1.89 bits per heavy atom. The molecule has 0 radical (unpaired) electrons. The summed E-state index contributed by atoms with van der Waals surface area (Å²) in [6.45, 7) is 1.54.